The van der Waals surface area contributed by atoms with Crippen LogP contribution >= 0.6 is 0 Å². The van der Waals surface area contributed by atoms with E-state index in [1.165, 1.54) is 0 Å². The maximum Gasteiger partial charge on any atom is 0.335 e. The molecular weight excluding hydrogens is 187 g/mol. The number of halogens is 1. The topological polar surface area (TPSA) is 118 Å². The summed E-state index contributed by atoms with van der Waals surface area (Å²) in [4.78, 5) is 10.0. The van der Waals surface area contributed by atoms with Crippen molar-refractivity contribution in [3.8, 4) is 0 Å². The highest BCUT2D eigenvalue weighted by atomic mass is 19.1. The summed E-state index contributed by atoms with van der Waals surface area (Å²) >= 11 is 0. The number of rotatable bonds is 5. The molecule has 0 aromatic carbocycles. The molecule has 0 aliphatic rings. The van der Waals surface area contributed by atoms with Gasteiger partial charge in [0.05, 0.1) is 6.61 Å². The van der Waals surface area contributed by atoms with Crippen molar-refractivity contribution in [2.24, 2.45) is 0 Å². The first-order valence-electron chi connectivity index (χ1n) is 3.43. The number of aliphatic carboxylic acids is 1. The molecule has 0 heterocycles. The number of hydrogen-bond donors (Lipinski definition) is 5. The Balaban J connectivity index is 4.24. The maximum atomic E-state index is 12.7. The van der Waals surface area contributed by atoms with E-state index < -0.39 is 37.1 Å². The first-order chi connectivity index (χ1) is 5.91. The van der Waals surface area contributed by atoms with E-state index in [0.29, 0.717) is 0 Å². The number of hydrogen-bond acceptors (Lipinski definition) is 5. The lowest BCUT2D eigenvalue weighted by atomic mass is 10.1. The van der Waals surface area contributed by atoms with E-state index in [1.54, 1.807) is 0 Å². The van der Waals surface area contributed by atoms with Gasteiger partial charge in [-0.25, -0.2) is 9.18 Å². The third-order valence-electron chi connectivity index (χ3n) is 1.46. The van der Waals surface area contributed by atoms with Crippen LogP contribution in [0.15, 0.2) is 0 Å². The molecule has 7 heteroatoms. The van der Waals surface area contributed by atoms with Crippen molar-refractivity contribution in [2.45, 2.75) is 24.5 Å². The average molecular weight is 198 g/mol. The number of aliphatic hydroxyl groups is 4. The van der Waals surface area contributed by atoms with E-state index >= 15 is 0 Å². The second-order valence-electron chi connectivity index (χ2n) is 2.47. The first kappa shape index (κ1) is 12.2. The number of carboxylic acids is 1. The Kier molecular flexibility index (Phi) is 4.78. The highest BCUT2D eigenvalue weighted by molar-refractivity contribution is 5.72. The molecule has 0 saturated heterocycles. The third-order valence-corrected chi connectivity index (χ3v) is 1.46. The van der Waals surface area contributed by atoms with Crippen LogP contribution in [0.25, 0.3) is 0 Å². The van der Waals surface area contributed by atoms with Crippen LogP contribution in [0.2, 0.25) is 0 Å². The van der Waals surface area contributed by atoms with Gasteiger partial charge in [-0.2, -0.15) is 0 Å². The lowest BCUT2D eigenvalue weighted by Gasteiger charge is -2.21. The Hall–Kier alpha value is -0.760. The predicted octanol–water partition coefficient (Wildman–Crippen LogP) is -2.52. The van der Waals surface area contributed by atoms with E-state index in [1.807, 2.05) is 0 Å². The van der Waals surface area contributed by atoms with Gasteiger partial charge in [-0.1, -0.05) is 0 Å². The van der Waals surface area contributed by atoms with E-state index in [4.69, 9.17) is 25.5 Å². The summed E-state index contributed by atoms with van der Waals surface area (Å²) in [5.41, 5.74) is 0. The summed E-state index contributed by atoms with van der Waals surface area (Å²) in [6, 6.07) is 0. The van der Waals surface area contributed by atoms with Gasteiger partial charge in [0.2, 0.25) is 0 Å². The summed E-state index contributed by atoms with van der Waals surface area (Å²) in [5.74, 6) is -1.85. The lowest BCUT2D eigenvalue weighted by Crippen LogP contribution is -2.46. The van der Waals surface area contributed by atoms with Gasteiger partial charge in [-0.05, 0) is 0 Å². The highest BCUT2D eigenvalue weighted by Gasteiger charge is 2.35. The Labute approximate surface area is 72.9 Å². The Morgan fingerprint density at radius 2 is 1.77 bits per heavy atom. The fraction of sp³-hybridized carbons (Fsp3) is 0.833. The molecule has 0 rings (SSSR count). The quantitative estimate of drug-likeness (QED) is 0.333. The normalized spacial score (nSPS) is 20.4. The van der Waals surface area contributed by atoms with Crippen LogP contribution < -0.4 is 0 Å². The summed E-state index contributed by atoms with van der Waals surface area (Å²) in [5, 5.41) is 42.4. The van der Waals surface area contributed by atoms with E-state index in [0.717, 1.165) is 0 Å². The molecule has 78 valence electrons. The minimum atomic E-state index is -2.54. The van der Waals surface area contributed by atoms with Crippen molar-refractivity contribution in [2.75, 3.05) is 6.61 Å². The molecule has 0 aromatic heterocycles. The van der Waals surface area contributed by atoms with Crippen LogP contribution in [0.4, 0.5) is 4.39 Å². The van der Waals surface area contributed by atoms with Crippen molar-refractivity contribution in [1.82, 2.24) is 0 Å². The molecular formula is C6H11FO6. The van der Waals surface area contributed by atoms with Gasteiger partial charge >= 0.3 is 5.97 Å². The number of carboxylic acid groups (broad SMARTS) is 1. The number of alkyl halides is 1. The van der Waals surface area contributed by atoms with Crippen LogP contribution in [0.3, 0.4) is 0 Å². The number of carbonyl (C=O) groups is 1. The molecule has 0 aliphatic heterocycles. The van der Waals surface area contributed by atoms with Gasteiger partial charge < -0.3 is 25.5 Å². The van der Waals surface area contributed by atoms with E-state index in [-0.39, 0.29) is 0 Å². The Morgan fingerprint density at radius 3 is 2.08 bits per heavy atom. The Morgan fingerprint density at radius 1 is 1.31 bits per heavy atom. The van der Waals surface area contributed by atoms with Crippen molar-refractivity contribution >= 4 is 5.97 Å². The summed E-state index contributed by atoms with van der Waals surface area (Å²) in [6.07, 6.45) is -8.91. The fourth-order valence-corrected chi connectivity index (χ4v) is 0.643. The van der Waals surface area contributed by atoms with Gasteiger partial charge in [0.1, 0.15) is 12.2 Å². The molecule has 0 aliphatic carbocycles. The summed E-state index contributed by atoms with van der Waals surface area (Å²) in [6.45, 7) is -0.923. The van der Waals surface area contributed by atoms with Gasteiger partial charge in [0.15, 0.2) is 12.3 Å². The molecule has 0 saturated carbocycles. The zero-order chi connectivity index (χ0) is 10.6. The van der Waals surface area contributed by atoms with Crippen LogP contribution in [0.5, 0.6) is 0 Å². The Bertz CT molecular complexity index is 175. The molecule has 0 unspecified atom stereocenters. The zero-order valence-corrected chi connectivity index (χ0v) is 6.54. The average Bonchev–Trinajstić information content (AvgIpc) is 2.12. The summed E-state index contributed by atoms with van der Waals surface area (Å²) in [7, 11) is 0. The second kappa shape index (κ2) is 5.07. The van der Waals surface area contributed by atoms with Crippen molar-refractivity contribution in [1.29, 1.82) is 0 Å². The van der Waals surface area contributed by atoms with Crippen LogP contribution in [0, 0.1) is 0 Å². The van der Waals surface area contributed by atoms with Crippen molar-refractivity contribution < 1.29 is 34.7 Å². The molecule has 0 aromatic rings. The molecule has 0 bridgehead atoms. The highest BCUT2D eigenvalue weighted by Crippen LogP contribution is 2.09. The molecule has 13 heavy (non-hydrogen) atoms. The van der Waals surface area contributed by atoms with E-state index in [2.05, 4.69) is 0 Å². The molecule has 0 fully saturated rings. The molecule has 5 N–H and O–H groups in total. The van der Waals surface area contributed by atoms with Crippen molar-refractivity contribution in [3.63, 3.8) is 0 Å². The monoisotopic (exact) mass is 198 g/mol. The van der Waals surface area contributed by atoms with Gasteiger partial charge in [-0.15, -0.1) is 0 Å². The second-order valence-corrected chi connectivity index (χ2v) is 2.47. The maximum absolute atomic E-state index is 12.7. The lowest BCUT2D eigenvalue weighted by molar-refractivity contribution is -0.157. The van der Waals surface area contributed by atoms with Crippen molar-refractivity contribution in [3.05, 3.63) is 0 Å². The molecule has 0 spiro atoms. The van der Waals surface area contributed by atoms with E-state index in [9.17, 15) is 9.18 Å². The first-order valence-corrected chi connectivity index (χ1v) is 3.43. The summed E-state index contributed by atoms with van der Waals surface area (Å²) < 4.78 is 12.7. The van der Waals surface area contributed by atoms with Crippen LogP contribution in [0.1, 0.15) is 0 Å². The SMILES string of the molecule is O=C(O)[C@H](O)[C@@H](F)[C@H](O)[C@H](O)CO. The molecule has 0 radical (unpaired) electrons. The van der Waals surface area contributed by atoms with Gasteiger partial charge in [0.25, 0.3) is 0 Å². The molecule has 4 atom stereocenters. The van der Waals surface area contributed by atoms with Crippen LogP contribution in [-0.2, 0) is 4.79 Å². The van der Waals surface area contributed by atoms with Crippen LogP contribution in [-0.4, -0.2) is 62.6 Å². The zero-order valence-electron chi connectivity index (χ0n) is 6.54. The molecule has 0 amide bonds. The largest absolute Gasteiger partial charge is 0.479 e. The minimum Gasteiger partial charge on any atom is -0.479 e. The van der Waals surface area contributed by atoms with Gasteiger partial charge in [0, 0.05) is 0 Å². The smallest absolute Gasteiger partial charge is 0.335 e. The molecule has 6 nitrogen and oxygen atoms in total. The predicted molar refractivity (Wildman–Crippen MR) is 37.6 cm³/mol. The van der Waals surface area contributed by atoms with Gasteiger partial charge in [-0.3, -0.25) is 0 Å². The third kappa shape index (κ3) is 3.23. The standard InChI is InChI=1S/C6H11FO6/c7-3(5(11)6(12)13)4(10)2(9)1-8/h2-5,8-11H,1H2,(H,12,13)/t2-,3+,4-,5-/m1/s1. The fourth-order valence-electron chi connectivity index (χ4n) is 0.643. The number of aliphatic hydroxyl groups excluding tert-OH is 4. The minimum absolute atomic E-state index is 0.923.